The molecule has 1 aromatic rings. The maximum atomic E-state index is 10.2. The van der Waals surface area contributed by atoms with E-state index in [-0.39, 0.29) is 6.54 Å². The molecule has 4 nitrogen and oxygen atoms in total. The van der Waals surface area contributed by atoms with Crippen molar-refractivity contribution in [2.75, 3.05) is 6.54 Å². The van der Waals surface area contributed by atoms with Gasteiger partial charge >= 0.3 is 0 Å². The van der Waals surface area contributed by atoms with Gasteiger partial charge in [0.25, 0.3) is 0 Å². The van der Waals surface area contributed by atoms with Gasteiger partial charge < -0.3 is 0 Å². The van der Waals surface area contributed by atoms with E-state index in [4.69, 9.17) is 0 Å². The molecule has 1 atom stereocenters. The Bertz CT molecular complexity index is 430. The van der Waals surface area contributed by atoms with Crippen LogP contribution in [0.1, 0.15) is 17.2 Å². The van der Waals surface area contributed by atoms with Crippen molar-refractivity contribution in [3.8, 4) is 0 Å². The number of carbonyl (C=O) groups excluding carboxylic acids is 2. The second-order valence-corrected chi connectivity index (χ2v) is 3.02. The SMILES string of the molecule is Cc1ccccc1C(CN=C=O)N=C=O. The molecule has 0 N–H and O–H groups in total. The Kier molecular flexibility index (Phi) is 4.17. The first-order chi connectivity index (χ1) is 7.29. The molecule has 0 saturated carbocycles. The Morgan fingerprint density at radius 1 is 1.27 bits per heavy atom. The summed E-state index contributed by atoms with van der Waals surface area (Å²) in [4.78, 5) is 27.3. The summed E-state index contributed by atoms with van der Waals surface area (Å²) < 4.78 is 0. The number of benzene rings is 1. The van der Waals surface area contributed by atoms with Crippen LogP contribution in [-0.4, -0.2) is 18.7 Å². The Balaban J connectivity index is 3.03. The number of hydrogen-bond acceptors (Lipinski definition) is 4. The van der Waals surface area contributed by atoms with Crippen molar-refractivity contribution in [2.24, 2.45) is 9.98 Å². The van der Waals surface area contributed by atoms with Crippen LogP contribution in [0.4, 0.5) is 0 Å². The van der Waals surface area contributed by atoms with Gasteiger partial charge in [-0.25, -0.2) is 14.6 Å². The maximum absolute atomic E-state index is 10.2. The minimum Gasteiger partial charge on any atom is -0.211 e. The standard InChI is InChI=1S/C11H10N2O2/c1-9-4-2-3-5-10(9)11(13-8-15)6-12-7-14/h2-5,11H,6H2,1H3. The minimum atomic E-state index is -0.440. The highest BCUT2D eigenvalue weighted by Crippen LogP contribution is 2.20. The predicted molar refractivity (Wildman–Crippen MR) is 55.0 cm³/mol. The van der Waals surface area contributed by atoms with Gasteiger partial charge in [-0.05, 0) is 18.1 Å². The normalized spacial score (nSPS) is 11.0. The van der Waals surface area contributed by atoms with Gasteiger partial charge in [-0.15, -0.1) is 0 Å². The van der Waals surface area contributed by atoms with Crippen LogP contribution < -0.4 is 0 Å². The molecule has 0 aliphatic carbocycles. The molecule has 1 rings (SSSR count). The van der Waals surface area contributed by atoms with E-state index in [1.807, 2.05) is 31.2 Å². The molecule has 0 saturated heterocycles. The van der Waals surface area contributed by atoms with Gasteiger partial charge in [0.2, 0.25) is 12.2 Å². The van der Waals surface area contributed by atoms with E-state index < -0.39 is 6.04 Å². The van der Waals surface area contributed by atoms with Crippen LogP contribution in [0.25, 0.3) is 0 Å². The van der Waals surface area contributed by atoms with Crippen molar-refractivity contribution in [3.05, 3.63) is 35.4 Å². The molecule has 76 valence electrons. The average Bonchev–Trinajstić information content (AvgIpc) is 2.25. The molecule has 1 unspecified atom stereocenters. The Hall–Kier alpha value is -2.02. The zero-order chi connectivity index (χ0) is 11.1. The molecule has 0 bridgehead atoms. The number of isocyanates is 2. The third kappa shape index (κ3) is 2.99. The molecular formula is C11H10N2O2. The smallest absolute Gasteiger partial charge is 0.211 e. The van der Waals surface area contributed by atoms with Gasteiger partial charge in [-0.1, -0.05) is 24.3 Å². The fraction of sp³-hybridized carbons (Fsp3) is 0.273. The molecule has 0 radical (unpaired) electrons. The monoisotopic (exact) mass is 202 g/mol. The highest BCUT2D eigenvalue weighted by molar-refractivity contribution is 5.39. The summed E-state index contributed by atoms with van der Waals surface area (Å²) in [5.41, 5.74) is 1.88. The summed E-state index contributed by atoms with van der Waals surface area (Å²) in [6.45, 7) is 2.04. The predicted octanol–water partition coefficient (Wildman–Crippen LogP) is 1.71. The van der Waals surface area contributed by atoms with Gasteiger partial charge in [0.1, 0.15) is 6.04 Å². The third-order valence-corrected chi connectivity index (χ3v) is 2.08. The second kappa shape index (κ2) is 5.66. The topological polar surface area (TPSA) is 58.9 Å². The molecule has 4 heteroatoms. The van der Waals surface area contributed by atoms with Gasteiger partial charge in [0.15, 0.2) is 0 Å². The first-order valence-corrected chi connectivity index (χ1v) is 4.45. The van der Waals surface area contributed by atoms with Crippen LogP contribution >= 0.6 is 0 Å². The quantitative estimate of drug-likeness (QED) is 0.551. The van der Waals surface area contributed by atoms with Gasteiger partial charge in [-0.2, -0.15) is 4.99 Å². The fourth-order valence-corrected chi connectivity index (χ4v) is 1.36. The third-order valence-electron chi connectivity index (χ3n) is 2.08. The van der Waals surface area contributed by atoms with Crippen molar-refractivity contribution in [1.29, 1.82) is 0 Å². The summed E-state index contributed by atoms with van der Waals surface area (Å²) in [5.74, 6) is 0. The minimum absolute atomic E-state index is 0.129. The molecule has 0 heterocycles. The fourth-order valence-electron chi connectivity index (χ4n) is 1.36. The van der Waals surface area contributed by atoms with Gasteiger partial charge in [0.05, 0.1) is 6.54 Å². The number of aliphatic imine (C=N–C) groups is 2. The van der Waals surface area contributed by atoms with E-state index >= 15 is 0 Å². The van der Waals surface area contributed by atoms with Crippen molar-refractivity contribution >= 4 is 12.2 Å². The van der Waals surface area contributed by atoms with Crippen molar-refractivity contribution in [1.82, 2.24) is 0 Å². The molecule has 0 aromatic heterocycles. The number of rotatable bonds is 4. The lowest BCUT2D eigenvalue weighted by Crippen LogP contribution is -2.01. The summed E-state index contributed by atoms with van der Waals surface area (Å²) in [6, 6.07) is 7.06. The highest BCUT2D eigenvalue weighted by Gasteiger charge is 2.11. The van der Waals surface area contributed by atoms with Gasteiger partial charge in [0, 0.05) is 0 Å². The molecule has 15 heavy (non-hydrogen) atoms. The summed E-state index contributed by atoms with van der Waals surface area (Å²) in [6.07, 6.45) is 2.92. The lowest BCUT2D eigenvalue weighted by atomic mass is 10.0. The van der Waals surface area contributed by atoms with Crippen LogP contribution in [0.2, 0.25) is 0 Å². The Morgan fingerprint density at radius 2 is 2.00 bits per heavy atom. The van der Waals surface area contributed by atoms with Crippen molar-refractivity contribution in [3.63, 3.8) is 0 Å². The summed E-state index contributed by atoms with van der Waals surface area (Å²) >= 11 is 0. The zero-order valence-corrected chi connectivity index (χ0v) is 8.30. The first kappa shape index (κ1) is 11.1. The number of hydrogen-bond donors (Lipinski definition) is 0. The van der Waals surface area contributed by atoms with Gasteiger partial charge in [-0.3, -0.25) is 0 Å². The maximum Gasteiger partial charge on any atom is 0.235 e. The number of aryl methyl sites for hydroxylation is 1. The summed E-state index contributed by atoms with van der Waals surface area (Å²) in [5, 5.41) is 0. The molecule has 0 aliphatic rings. The van der Waals surface area contributed by atoms with E-state index in [9.17, 15) is 9.59 Å². The molecule has 0 aliphatic heterocycles. The van der Waals surface area contributed by atoms with Crippen LogP contribution in [0, 0.1) is 6.92 Å². The van der Waals surface area contributed by atoms with E-state index in [1.54, 1.807) is 0 Å². The van der Waals surface area contributed by atoms with E-state index in [2.05, 4.69) is 9.98 Å². The molecule has 1 aromatic carbocycles. The lowest BCUT2D eigenvalue weighted by Gasteiger charge is -2.09. The zero-order valence-electron chi connectivity index (χ0n) is 8.30. The van der Waals surface area contributed by atoms with Crippen molar-refractivity contribution < 1.29 is 9.59 Å². The molecule has 0 spiro atoms. The second-order valence-electron chi connectivity index (χ2n) is 3.02. The van der Waals surface area contributed by atoms with Crippen LogP contribution in [0.5, 0.6) is 0 Å². The van der Waals surface area contributed by atoms with Crippen LogP contribution in [0.3, 0.4) is 0 Å². The largest absolute Gasteiger partial charge is 0.235 e. The van der Waals surface area contributed by atoms with E-state index in [1.165, 1.54) is 12.2 Å². The van der Waals surface area contributed by atoms with E-state index in [0.29, 0.717) is 0 Å². The van der Waals surface area contributed by atoms with Crippen LogP contribution in [-0.2, 0) is 9.59 Å². The Labute approximate surface area is 87.4 Å². The summed E-state index contributed by atoms with van der Waals surface area (Å²) in [7, 11) is 0. The molecule has 0 fully saturated rings. The Morgan fingerprint density at radius 3 is 2.60 bits per heavy atom. The number of nitrogens with zero attached hydrogens (tertiary/aromatic N) is 2. The molecular weight excluding hydrogens is 192 g/mol. The lowest BCUT2D eigenvalue weighted by molar-refractivity contribution is 0.553. The van der Waals surface area contributed by atoms with Crippen molar-refractivity contribution in [2.45, 2.75) is 13.0 Å². The van der Waals surface area contributed by atoms with E-state index in [0.717, 1.165) is 11.1 Å². The average molecular weight is 202 g/mol. The van der Waals surface area contributed by atoms with Crippen LogP contribution in [0.15, 0.2) is 34.3 Å². The highest BCUT2D eigenvalue weighted by atomic mass is 16.1. The molecule has 0 amide bonds. The first-order valence-electron chi connectivity index (χ1n) is 4.45.